The highest BCUT2D eigenvalue weighted by molar-refractivity contribution is 6.06. The lowest BCUT2D eigenvalue weighted by molar-refractivity contribution is 0.0519. The number of hydrogen-bond donors (Lipinski definition) is 0. The Balaban J connectivity index is 2.03. The van der Waals surface area contributed by atoms with Crippen LogP contribution in [-0.2, 0) is 9.47 Å². The van der Waals surface area contributed by atoms with Crippen molar-refractivity contribution in [1.82, 2.24) is 4.98 Å². The Morgan fingerprint density at radius 1 is 0.697 bits per heavy atom. The van der Waals surface area contributed by atoms with E-state index in [0.717, 1.165) is 16.6 Å². The van der Waals surface area contributed by atoms with Crippen LogP contribution in [0.1, 0.15) is 34.6 Å². The van der Waals surface area contributed by atoms with Crippen LogP contribution >= 0.6 is 0 Å². The number of aromatic nitrogens is 1. The summed E-state index contributed by atoms with van der Waals surface area (Å²) in [6.07, 6.45) is 1.72. The lowest BCUT2D eigenvalue weighted by atomic mass is 10.1. The monoisotopic (exact) mass is 440 g/mol. The highest BCUT2D eigenvalue weighted by atomic mass is 16.5. The molecule has 0 spiro atoms. The summed E-state index contributed by atoms with van der Waals surface area (Å²) in [6, 6.07) is 24.0. The van der Waals surface area contributed by atoms with Crippen molar-refractivity contribution in [2.24, 2.45) is 0 Å². The van der Waals surface area contributed by atoms with Crippen molar-refractivity contribution in [2.45, 2.75) is 13.8 Å². The Kier molecular flexibility index (Phi) is 6.64. The second kappa shape index (κ2) is 9.96. The van der Waals surface area contributed by atoms with E-state index >= 15 is 0 Å². The molecule has 4 rings (SSSR count). The van der Waals surface area contributed by atoms with Gasteiger partial charge in [0.2, 0.25) is 0 Å². The normalized spacial score (nSPS) is 10.6. The zero-order valence-corrected chi connectivity index (χ0v) is 18.5. The van der Waals surface area contributed by atoms with E-state index in [1.54, 1.807) is 44.3 Å². The summed E-state index contributed by atoms with van der Waals surface area (Å²) in [6.45, 7) is 4.04. The fourth-order valence-electron chi connectivity index (χ4n) is 3.76. The maximum absolute atomic E-state index is 12.9. The van der Waals surface area contributed by atoms with E-state index < -0.39 is 11.9 Å². The SMILES string of the molecule is CCOC(=O)c1ccccc1N(c1ccccc1C(=O)OCC)c1cccc2cccnc12. The number of rotatable bonds is 7. The van der Waals surface area contributed by atoms with Crippen LogP contribution < -0.4 is 4.90 Å². The average Bonchev–Trinajstić information content (AvgIpc) is 2.85. The molecule has 0 aliphatic carbocycles. The van der Waals surface area contributed by atoms with Gasteiger partial charge in [0.15, 0.2) is 0 Å². The van der Waals surface area contributed by atoms with Gasteiger partial charge < -0.3 is 14.4 Å². The molecule has 33 heavy (non-hydrogen) atoms. The minimum atomic E-state index is -0.445. The molecule has 0 radical (unpaired) electrons. The number of para-hydroxylation sites is 3. The van der Waals surface area contributed by atoms with E-state index in [9.17, 15) is 9.59 Å². The highest BCUT2D eigenvalue weighted by Gasteiger charge is 2.26. The largest absolute Gasteiger partial charge is 0.462 e. The van der Waals surface area contributed by atoms with Crippen LogP contribution in [0.3, 0.4) is 0 Å². The van der Waals surface area contributed by atoms with E-state index in [1.165, 1.54) is 0 Å². The molecule has 0 aliphatic heterocycles. The molecule has 0 bridgehead atoms. The van der Waals surface area contributed by atoms with Crippen LogP contribution in [0.15, 0.2) is 85.1 Å². The highest BCUT2D eigenvalue weighted by Crippen LogP contribution is 2.41. The first-order valence-electron chi connectivity index (χ1n) is 10.8. The molecule has 0 saturated heterocycles. The van der Waals surface area contributed by atoms with Gasteiger partial charge in [-0.1, -0.05) is 42.5 Å². The number of carbonyl (C=O) groups excluding carboxylic acids is 2. The minimum Gasteiger partial charge on any atom is -0.462 e. The van der Waals surface area contributed by atoms with Crippen molar-refractivity contribution in [3.63, 3.8) is 0 Å². The van der Waals surface area contributed by atoms with Crippen LogP contribution in [-0.4, -0.2) is 30.1 Å². The Morgan fingerprint density at radius 2 is 1.21 bits per heavy atom. The summed E-state index contributed by atoms with van der Waals surface area (Å²) >= 11 is 0. The van der Waals surface area contributed by atoms with Crippen molar-refractivity contribution in [3.8, 4) is 0 Å². The molecule has 6 heteroatoms. The molecular formula is C27H24N2O4. The van der Waals surface area contributed by atoms with Gasteiger partial charge in [0.25, 0.3) is 0 Å². The number of benzene rings is 3. The van der Waals surface area contributed by atoms with Gasteiger partial charge in [0.1, 0.15) is 0 Å². The van der Waals surface area contributed by atoms with Gasteiger partial charge in [-0.25, -0.2) is 9.59 Å². The molecule has 166 valence electrons. The standard InChI is InChI=1S/C27H24N2O4/c1-3-32-26(30)20-13-5-7-15-22(20)29(23-16-8-6-14-21(23)27(31)33-4-2)24-17-9-11-19-12-10-18-28-25(19)24/h5-18H,3-4H2,1-2H3. The Morgan fingerprint density at radius 3 is 1.79 bits per heavy atom. The molecule has 1 aromatic heterocycles. The zero-order valence-electron chi connectivity index (χ0n) is 18.5. The molecule has 0 fully saturated rings. The molecule has 1 heterocycles. The van der Waals surface area contributed by atoms with Gasteiger partial charge in [-0.2, -0.15) is 0 Å². The molecule has 0 saturated carbocycles. The maximum Gasteiger partial charge on any atom is 0.340 e. The van der Waals surface area contributed by atoms with Crippen molar-refractivity contribution in [2.75, 3.05) is 18.1 Å². The lowest BCUT2D eigenvalue weighted by Gasteiger charge is -2.29. The summed E-state index contributed by atoms with van der Waals surface area (Å²) in [5, 5.41) is 0.933. The Hall–Kier alpha value is -4.19. The predicted octanol–water partition coefficient (Wildman–Crippen LogP) is 6.06. The van der Waals surface area contributed by atoms with Crippen molar-refractivity contribution < 1.29 is 19.1 Å². The summed E-state index contributed by atoms with van der Waals surface area (Å²) in [5.41, 5.74) is 3.37. The fourth-order valence-corrected chi connectivity index (χ4v) is 3.76. The first kappa shape index (κ1) is 22.0. The van der Waals surface area contributed by atoms with Crippen molar-refractivity contribution in [1.29, 1.82) is 0 Å². The molecule has 0 amide bonds. The average molecular weight is 440 g/mol. The molecule has 0 unspecified atom stereocenters. The first-order chi connectivity index (χ1) is 16.2. The second-order valence-electron chi connectivity index (χ2n) is 7.16. The van der Waals surface area contributed by atoms with E-state index in [1.807, 2.05) is 59.5 Å². The first-order valence-corrected chi connectivity index (χ1v) is 10.8. The lowest BCUT2D eigenvalue weighted by Crippen LogP contribution is -2.19. The van der Waals surface area contributed by atoms with E-state index in [-0.39, 0.29) is 13.2 Å². The third kappa shape index (κ3) is 4.41. The summed E-state index contributed by atoms with van der Waals surface area (Å²) in [5.74, 6) is -0.889. The number of pyridine rings is 1. The third-order valence-corrected chi connectivity index (χ3v) is 5.13. The molecular weight excluding hydrogens is 416 g/mol. The Bertz CT molecular complexity index is 1240. The van der Waals surface area contributed by atoms with Crippen LogP contribution in [0.4, 0.5) is 17.1 Å². The van der Waals surface area contributed by atoms with Gasteiger partial charge in [0.05, 0.1) is 46.9 Å². The molecule has 6 nitrogen and oxygen atoms in total. The molecule has 0 aliphatic rings. The topological polar surface area (TPSA) is 68.7 Å². The van der Waals surface area contributed by atoms with E-state index in [0.29, 0.717) is 22.5 Å². The van der Waals surface area contributed by atoms with Crippen molar-refractivity contribution >= 4 is 39.9 Å². The smallest absolute Gasteiger partial charge is 0.340 e. The van der Waals surface area contributed by atoms with Gasteiger partial charge in [-0.3, -0.25) is 4.98 Å². The summed E-state index contributed by atoms with van der Waals surface area (Å²) < 4.78 is 10.6. The molecule has 3 aromatic carbocycles. The van der Waals surface area contributed by atoms with Crippen LogP contribution in [0, 0.1) is 0 Å². The number of anilines is 3. The van der Waals surface area contributed by atoms with E-state index in [4.69, 9.17) is 9.47 Å². The minimum absolute atomic E-state index is 0.252. The van der Waals surface area contributed by atoms with Gasteiger partial charge in [-0.05, 0) is 50.2 Å². The number of fused-ring (bicyclic) bond motifs is 1. The van der Waals surface area contributed by atoms with Gasteiger partial charge in [-0.15, -0.1) is 0 Å². The fraction of sp³-hybridized carbons (Fsp3) is 0.148. The van der Waals surface area contributed by atoms with Crippen LogP contribution in [0.5, 0.6) is 0 Å². The number of esters is 2. The maximum atomic E-state index is 12.9. The number of nitrogens with zero attached hydrogens (tertiary/aromatic N) is 2. The quantitative estimate of drug-likeness (QED) is 0.326. The number of ether oxygens (including phenoxy) is 2. The third-order valence-electron chi connectivity index (χ3n) is 5.13. The molecule has 0 N–H and O–H groups in total. The Labute approximate surface area is 192 Å². The molecule has 4 aromatic rings. The second-order valence-corrected chi connectivity index (χ2v) is 7.16. The van der Waals surface area contributed by atoms with Crippen LogP contribution in [0.25, 0.3) is 10.9 Å². The van der Waals surface area contributed by atoms with Gasteiger partial charge in [0, 0.05) is 11.6 Å². The summed E-state index contributed by atoms with van der Waals surface area (Å²) in [4.78, 5) is 32.2. The number of hydrogen-bond acceptors (Lipinski definition) is 6. The zero-order chi connectivity index (χ0) is 23.2. The van der Waals surface area contributed by atoms with Crippen molar-refractivity contribution in [3.05, 3.63) is 96.2 Å². The van der Waals surface area contributed by atoms with Gasteiger partial charge >= 0.3 is 11.9 Å². The molecule has 0 atom stereocenters. The predicted molar refractivity (Wildman–Crippen MR) is 128 cm³/mol. The summed E-state index contributed by atoms with van der Waals surface area (Å²) in [7, 11) is 0. The van der Waals surface area contributed by atoms with Crippen LogP contribution in [0.2, 0.25) is 0 Å². The van der Waals surface area contributed by atoms with E-state index in [2.05, 4.69) is 4.98 Å². The number of carbonyl (C=O) groups is 2.